The molecule has 0 radical (unpaired) electrons. The van der Waals surface area contributed by atoms with Crippen molar-refractivity contribution in [2.45, 2.75) is 38.6 Å². The Kier molecular flexibility index (Phi) is 11.5. The topological polar surface area (TPSA) is 118 Å². The van der Waals surface area contributed by atoms with Crippen LogP contribution < -0.4 is 19.8 Å². The van der Waals surface area contributed by atoms with Gasteiger partial charge in [0.05, 0.1) is 42.8 Å². The summed E-state index contributed by atoms with van der Waals surface area (Å²) in [5, 5.41) is 8.23. The predicted molar refractivity (Wildman–Crippen MR) is 192 cm³/mol. The first-order valence-electron chi connectivity index (χ1n) is 16.6. The average Bonchev–Trinajstić information content (AvgIpc) is 3.71. The van der Waals surface area contributed by atoms with Crippen molar-refractivity contribution in [1.29, 1.82) is 0 Å². The number of alkyl halides is 7. The molecule has 292 valence electrons. The number of benzene rings is 4. The molecule has 0 spiro atoms. The number of ether oxygens (including phenoxy) is 5. The van der Waals surface area contributed by atoms with E-state index in [1.807, 2.05) is 6.07 Å². The quantitative estimate of drug-likeness (QED) is 0.118. The molecule has 0 aliphatic carbocycles. The molecule has 4 heterocycles. The molecular formula is C38H33BrF6N2O8. The SMILES string of the molecule is CC1(CBr)CCO1.CC1(COc2noc3ccc(-c4ccc(OC(F)(F)F)cc4)cc23)COC1.O=c1[nH]oc2ccc(-c3ccc(OC(F)(F)F)cc3)cc12. The highest BCUT2D eigenvalue weighted by molar-refractivity contribution is 9.09. The van der Waals surface area contributed by atoms with Crippen molar-refractivity contribution in [2.24, 2.45) is 5.41 Å². The van der Waals surface area contributed by atoms with Crippen LogP contribution in [-0.4, -0.2) is 60.4 Å². The highest BCUT2D eigenvalue weighted by atomic mass is 79.9. The number of nitrogens with zero attached hydrogens (tertiary/aromatic N) is 1. The van der Waals surface area contributed by atoms with E-state index in [-0.39, 0.29) is 28.1 Å². The van der Waals surface area contributed by atoms with Crippen molar-refractivity contribution in [3.8, 4) is 39.6 Å². The highest BCUT2D eigenvalue weighted by Gasteiger charge is 2.35. The van der Waals surface area contributed by atoms with Crippen molar-refractivity contribution >= 4 is 37.9 Å². The number of aromatic amines is 1. The summed E-state index contributed by atoms with van der Waals surface area (Å²) in [4.78, 5) is 11.5. The summed E-state index contributed by atoms with van der Waals surface area (Å²) in [6, 6.07) is 21.4. The summed E-state index contributed by atoms with van der Waals surface area (Å²) in [5.74, 6) is -0.178. The molecule has 1 unspecified atom stereocenters. The molecule has 55 heavy (non-hydrogen) atoms. The van der Waals surface area contributed by atoms with Crippen LogP contribution in [0.1, 0.15) is 20.3 Å². The van der Waals surface area contributed by atoms with Crippen LogP contribution in [0.4, 0.5) is 26.3 Å². The maximum absolute atomic E-state index is 12.3. The zero-order valence-corrected chi connectivity index (χ0v) is 30.8. The number of hydrogen-bond acceptors (Lipinski definition) is 9. The van der Waals surface area contributed by atoms with Crippen molar-refractivity contribution in [3.05, 3.63) is 95.3 Å². The largest absolute Gasteiger partial charge is 0.573 e. The van der Waals surface area contributed by atoms with E-state index in [0.29, 0.717) is 58.8 Å². The van der Waals surface area contributed by atoms with Gasteiger partial charge in [0.15, 0.2) is 11.2 Å². The third-order valence-electron chi connectivity index (χ3n) is 8.58. The van der Waals surface area contributed by atoms with Gasteiger partial charge in [-0.1, -0.05) is 59.3 Å². The maximum atomic E-state index is 12.3. The molecule has 17 heteroatoms. The lowest BCUT2D eigenvalue weighted by Gasteiger charge is -2.37. The van der Waals surface area contributed by atoms with Crippen molar-refractivity contribution in [2.75, 3.05) is 31.8 Å². The number of hydrogen-bond donors (Lipinski definition) is 1. The smallest absolute Gasteiger partial charge is 0.474 e. The van der Waals surface area contributed by atoms with E-state index >= 15 is 0 Å². The first kappa shape index (κ1) is 39.7. The third kappa shape index (κ3) is 10.4. The summed E-state index contributed by atoms with van der Waals surface area (Å²) in [5.41, 5.74) is 3.66. The normalized spacial score (nSPS) is 17.5. The minimum atomic E-state index is -4.72. The molecule has 2 aliphatic heterocycles. The zero-order valence-electron chi connectivity index (χ0n) is 29.2. The fraction of sp³-hybridized carbons (Fsp3) is 0.316. The summed E-state index contributed by atoms with van der Waals surface area (Å²) in [6.45, 7) is 6.87. The summed E-state index contributed by atoms with van der Waals surface area (Å²) in [7, 11) is 0. The molecule has 2 fully saturated rings. The van der Waals surface area contributed by atoms with Crippen molar-refractivity contribution in [1.82, 2.24) is 10.3 Å². The Balaban J connectivity index is 0.000000162. The summed E-state index contributed by atoms with van der Waals surface area (Å²) in [6.07, 6.45) is -8.22. The van der Waals surface area contributed by atoms with E-state index in [2.05, 4.69) is 49.6 Å². The molecule has 0 amide bonds. The Bertz CT molecular complexity index is 2250. The fourth-order valence-electron chi connectivity index (χ4n) is 5.36. The monoisotopic (exact) mass is 838 g/mol. The zero-order chi connectivity index (χ0) is 39.4. The first-order valence-corrected chi connectivity index (χ1v) is 17.8. The van der Waals surface area contributed by atoms with Gasteiger partial charge in [-0.05, 0) is 82.9 Å². The van der Waals surface area contributed by atoms with Crippen LogP contribution in [0, 0.1) is 5.41 Å². The van der Waals surface area contributed by atoms with E-state index in [1.165, 1.54) is 42.8 Å². The van der Waals surface area contributed by atoms with Gasteiger partial charge < -0.3 is 32.7 Å². The second-order valence-electron chi connectivity index (χ2n) is 13.4. The number of rotatable bonds is 8. The van der Waals surface area contributed by atoms with Gasteiger partial charge in [-0.2, -0.15) is 5.16 Å². The van der Waals surface area contributed by atoms with Crippen molar-refractivity contribution in [3.63, 3.8) is 0 Å². The number of fused-ring (bicyclic) bond motifs is 2. The summed E-state index contributed by atoms with van der Waals surface area (Å²) >= 11 is 3.36. The maximum Gasteiger partial charge on any atom is 0.573 e. The molecule has 8 rings (SSSR count). The van der Waals surface area contributed by atoms with Gasteiger partial charge in [0.2, 0.25) is 0 Å². The standard InChI is InChI=1S/C19H16F3NO4.C14H8F3NO3.C5H9BrO/c1-18(9-24-10-18)11-25-17-15-8-13(4-7-16(15)27-23-17)12-2-5-14(6-3-12)26-19(20,21)22;15-14(16,17)20-10-4-1-8(2-5-10)9-3-6-12-11(7-9)13(19)18-21-12;1-5(4-6)2-3-7-5/h2-8H,9-11H2,1H3;1-7H,(H,18,19);2-4H2,1H3. The van der Waals surface area contributed by atoms with E-state index in [9.17, 15) is 31.1 Å². The lowest BCUT2D eigenvalue weighted by atomic mass is 9.90. The second kappa shape index (κ2) is 16.0. The first-order chi connectivity index (χ1) is 26.0. The predicted octanol–water partition coefficient (Wildman–Crippen LogP) is 10.1. The van der Waals surface area contributed by atoms with Crippen LogP contribution in [0.25, 0.3) is 44.2 Å². The van der Waals surface area contributed by atoms with Gasteiger partial charge in [-0.15, -0.1) is 26.3 Å². The van der Waals surface area contributed by atoms with Crippen LogP contribution >= 0.6 is 15.9 Å². The van der Waals surface area contributed by atoms with E-state index in [1.54, 1.807) is 42.5 Å². The molecule has 0 bridgehead atoms. The minimum absolute atomic E-state index is 0.0306. The van der Waals surface area contributed by atoms with Crippen LogP contribution in [0.2, 0.25) is 0 Å². The average molecular weight is 840 g/mol. The molecule has 10 nitrogen and oxygen atoms in total. The molecule has 1 N–H and O–H groups in total. The van der Waals surface area contributed by atoms with Gasteiger partial charge in [-0.25, -0.2) is 0 Å². The second-order valence-corrected chi connectivity index (χ2v) is 13.9. The Morgan fingerprint density at radius 1 is 0.764 bits per heavy atom. The van der Waals surface area contributed by atoms with Crippen LogP contribution in [0.5, 0.6) is 17.4 Å². The highest BCUT2D eigenvalue weighted by Crippen LogP contribution is 2.34. The van der Waals surface area contributed by atoms with E-state index in [4.69, 9.17) is 23.3 Å². The van der Waals surface area contributed by atoms with Gasteiger partial charge in [-0.3, -0.25) is 4.79 Å². The van der Waals surface area contributed by atoms with Gasteiger partial charge in [0.1, 0.15) is 11.5 Å². The Hall–Kier alpha value is -5.00. The molecule has 6 aromatic rings. The van der Waals surface area contributed by atoms with Crippen molar-refractivity contribution < 1.29 is 59.1 Å². The van der Waals surface area contributed by atoms with Crippen LogP contribution in [-0.2, 0) is 9.47 Å². The fourth-order valence-corrected chi connectivity index (χ4v) is 5.81. The van der Waals surface area contributed by atoms with Crippen LogP contribution in [0.3, 0.4) is 0 Å². The molecule has 4 aromatic carbocycles. The van der Waals surface area contributed by atoms with Gasteiger partial charge >= 0.3 is 12.7 Å². The lowest BCUT2D eigenvalue weighted by Crippen LogP contribution is -2.44. The van der Waals surface area contributed by atoms with Crippen LogP contribution in [0.15, 0.2) is 98.8 Å². The summed E-state index contributed by atoms with van der Waals surface area (Å²) < 4.78 is 107. The van der Waals surface area contributed by atoms with E-state index in [0.717, 1.165) is 23.1 Å². The number of aromatic nitrogens is 2. The number of nitrogens with one attached hydrogen (secondary N) is 1. The third-order valence-corrected chi connectivity index (χ3v) is 9.77. The number of H-pyrrole nitrogens is 1. The van der Waals surface area contributed by atoms with E-state index < -0.39 is 12.7 Å². The molecule has 2 saturated heterocycles. The lowest BCUT2D eigenvalue weighted by molar-refractivity contribution is -0.275. The van der Waals surface area contributed by atoms with Gasteiger partial charge in [0.25, 0.3) is 11.4 Å². The Morgan fingerprint density at radius 2 is 1.27 bits per heavy atom. The van der Waals surface area contributed by atoms with Gasteiger partial charge in [0, 0.05) is 17.2 Å². The molecule has 2 aromatic heterocycles. The molecule has 2 aliphatic rings. The Morgan fingerprint density at radius 3 is 1.71 bits per heavy atom. The number of halogens is 7. The molecule has 0 saturated carbocycles. The minimum Gasteiger partial charge on any atom is -0.474 e. The Labute approximate surface area is 317 Å². The molecule has 1 atom stereocenters. The molecular weight excluding hydrogens is 806 g/mol.